The molecule has 4 atom stereocenters. The molecule has 0 radical (unpaired) electrons. The Hall–Kier alpha value is -4.24. The van der Waals surface area contributed by atoms with Crippen LogP contribution in [-0.2, 0) is 35.2 Å². The highest BCUT2D eigenvalue weighted by molar-refractivity contribution is 5.96. The fourth-order valence-electron chi connectivity index (χ4n) is 3.32. The van der Waals surface area contributed by atoms with E-state index in [9.17, 15) is 44.1 Å². The maximum atomic E-state index is 13.1. The summed E-state index contributed by atoms with van der Waals surface area (Å²) < 4.78 is 0. The zero-order chi connectivity index (χ0) is 28.8. The van der Waals surface area contributed by atoms with E-state index < -0.39 is 72.6 Å². The van der Waals surface area contributed by atoms with Crippen molar-refractivity contribution in [2.75, 3.05) is 6.54 Å². The van der Waals surface area contributed by atoms with Gasteiger partial charge in [0.2, 0.25) is 17.7 Å². The molecule has 1 rings (SSSR count). The number of carboxylic acid groups (broad SMARTS) is 3. The molecule has 0 spiro atoms. The first kappa shape index (κ1) is 31.8. The number of phenols is 1. The molecule has 15 nitrogen and oxygen atoms in total. The third-order valence-corrected chi connectivity index (χ3v) is 5.31. The summed E-state index contributed by atoms with van der Waals surface area (Å²) in [5.41, 5.74) is 11.4. The lowest BCUT2D eigenvalue weighted by molar-refractivity contribution is -0.143. The smallest absolute Gasteiger partial charge is 0.326 e. The van der Waals surface area contributed by atoms with Crippen molar-refractivity contribution < 1.29 is 49.2 Å². The minimum absolute atomic E-state index is 0.0208. The number of amides is 3. The van der Waals surface area contributed by atoms with Crippen LogP contribution in [0.4, 0.5) is 0 Å². The Balaban J connectivity index is 3.12. The average Bonchev–Trinajstić information content (AvgIpc) is 2.82. The number of benzene rings is 1. The Morgan fingerprint density at radius 2 is 1.26 bits per heavy atom. The number of nitrogens with two attached hydrogens (primary N) is 2. The third-order valence-electron chi connectivity index (χ3n) is 5.31. The lowest BCUT2D eigenvalue weighted by Crippen LogP contribution is -2.58. The van der Waals surface area contributed by atoms with E-state index in [1.165, 1.54) is 24.3 Å². The Bertz CT molecular complexity index is 1000. The number of aromatic hydroxyl groups is 1. The van der Waals surface area contributed by atoms with Gasteiger partial charge in [0.05, 0.1) is 18.9 Å². The van der Waals surface area contributed by atoms with Gasteiger partial charge in [0.15, 0.2) is 0 Å². The number of rotatable bonds is 17. The van der Waals surface area contributed by atoms with E-state index in [0.717, 1.165) is 0 Å². The van der Waals surface area contributed by atoms with Crippen LogP contribution in [0.15, 0.2) is 24.3 Å². The predicted octanol–water partition coefficient (Wildman–Crippen LogP) is -2.12. The largest absolute Gasteiger partial charge is 0.508 e. The number of hydrogen-bond acceptors (Lipinski definition) is 9. The molecular formula is C23H33N5O10. The summed E-state index contributed by atoms with van der Waals surface area (Å²) in [7, 11) is 0. The van der Waals surface area contributed by atoms with E-state index in [2.05, 4.69) is 16.0 Å². The molecule has 4 unspecified atom stereocenters. The molecule has 0 aromatic heterocycles. The highest BCUT2D eigenvalue weighted by atomic mass is 16.4. The SMILES string of the molecule is NCCCCC(NC(=O)C(CC(=O)O)NC(=O)C(Cc1ccc(O)cc1)NC(=O)C(N)CC(=O)O)C(=O)O. The molecule has 38 heavy (non-hydrogen) atoms. The molecule has 0 aliphatic rings. The lowest BCUT2D eigenvalue weighted by Gasteiger charge is -2.24. The van der Waals surface area contributed by atoms with E-state index >= 15 is 0 Å². The van der Waals surface area contributed by atoms with Crippen molar-refractivity contribution in [3.05, 3.63) is 29.8 Å². The van der Waals surface area contributed by atoms with E-state index in [-0.39, 0.29) is 18.6 Å². The molecule has 15 heteroatoms. The van der Waals surface area contributed by atoms with Crippen LogP contribution in [0.3, 0.4) is 0 Å². The standard InChI is InChI=1S/C23H33N5O10/c24-8-2-1-3-15(23(37)38)26-22(36)17(11-19(32)33)28-21(35)16(9-12-4-6-13(29)7-5-12)27-20(34)14(25)10-18(30)31/h4-7,14-17,29H,1-3,8-11,24-25H2,(H,26,36)(H,27,34)(H,28,35)(H,30,31)(H,32,33)(H,37,38). The van der Waals surface area contributed by atoms with Gasteiger partial charge >= 0.3 is 17.9 Å². The van der Waals surface area contributed by atoms with Crippen LogP contribution in [0.1, 0.15) is 37.7 Å². The van der Waals surface area contributed by atoms with Crippen molar-refractivity contribution in [1.29, 1.82) is 0 Å². The monoisotopic (exact) mass is 539 g/mol. The van der Waals surface area contributed by atoms with Gasteiger partial charge < -0.3 is 47.8 Å². The van der Waals surface area contributed by atoms with Crippen LogP contribution in [0.2, 0.25) is 0 Å². The van der Waals surface area contributed by atoms with E-state index in [1.54, 1.807) is 0 Å². The van der Waals surface area contributed by atoms with Gasteiger partial charge in [-0.15, -0.1) is 0 Å². The van der Waals surface area contributed by atoms with Crippen LogP contribution >= 0.6 is 0 Å². The first-order valence-electron chi connectivity index (χ1n) is 11.6. The molecule has 1 aromatic rings. The van der Waals surface area contributed by atoms with Crippen LogP contribution in [0.5, 0.6) is 5.75 Å². The van der Waals surface area contributed by atoms with Crippen molar-refractivity contribution in [1.82, 2.24) is 16.0 Å². The molecule has 0 saturated carbocycles. The van der Waals surface area contributed by atoms with Crippen LogP contribution < -0.4 is 27.4 Å². The van der Waals surface area contributed by atoms with Gasteiger partial charge in [0.1, 0.15) is 23.9 Å². The maximum absolute atomic E-state index is 13.1. The number of hydrogen-bond donors (Lipinski definition) is 9. The molecule has 1 aromatic carbocycles. The molecule has 0 fully saturated rings. The summed E-state index contributed by atoms with van der Waals surface area (Å²) in [6, 6.07) is -0.481. The average molecular weight is 540 g/mol. The van der Waals surface area contributed by atoms with E-state index in [0.29, 0.717) is 24.9 Å². The highest BCUT2D eigenvalue weighted by Crippen LogP contribution is 2.12. The molecule has 0 aliphatic heterocycles. The van der Waals surface area contributed by atoms with Crippen LogP contribution in [0.25, 0.3) is 0 Å². The topological polar surface area (TPSA) is 271 Å². The minimum atomic E-state index is -1.71. The first-order valence-corrected chi connectivity index (χ1v) is 11.6. The number of carboxylic acids is 3. The summed E-state index contributed by atoms with van der Waals surface area (Å²) in [6.45, 7) is 0.308. The minimum Gasteiger partial charge on any atom is -0.508 e. The first-order chi connectivity index (χ1) is 17.8. The Morgan fingerprint density at radius 3 is 1.79 bits per heavy atom. The molecule has 11 N–H and O–H groups in total. The lowest BCUT2D eigenvalue weighted by atomic mass is 10.0. The highest BCUT2D eigenvalue weighted by Gasteiger charge is 2.32. The van der Waals surface area contributed by atoms with Gasteiger partial charge in [-0.25, -0.2) is 4.79 Å². The maximum Gasteiger partial charge on any atom is 0.326 e. The van der Waals surface area contributed by atoms with Gasteiger partial charge in [0.25, 0.3) is 0 Å². The van der Waals surface area contributed by atoms with E-state index in [4.69, 9.17) is 16.6 Å². The second-order valence-electron chi connectivity index (χ2n) is 8.48. The Labute approximate surface area is 217 Å². The number of carbonyl (C=O) groups is 6. The number of unbranched alkanes of at least 4 members (excludes halogenated alkanes) is 1. The quantitative estimate of drug-likeness (QED) is 0.0961. The number of aliphatic carboxylic acids is 3. The zero-order valence-electron chi connectivity index (χ0n) is 20.5. The van der Waals surface area contributed by atoms with Crippen molar-refractivity contribution in [3.63, 3.8) is 0 Å². The third kappa shape index (κ3) is 11.7. The second-order valence-corrected chi connectivity index (χ2v) is 8.48. The Kier molecular flexibility index (Phi) is 13.2. The fraction of sp³-hybridized carbons (Fsp3) is 0.478. The van der Waals surface area contributed by atoms with Crippen molar-refractivity contribution in [2.24, 2.45) is 11.5 Å². The summed E-state index contributed by atoms with van der Waals surface area (Å²) in [6.07, 6.45) is -0.934. The van der Waals surface area contributed by atoms with Gasteiger partial charge in [-0.05, 0) is 43.5 Å². The molecular weight excluding hydrogens is 506 g/mol. The molecule has 0 bridgehead atoms. The molecule has 3 amide bonds. The Morgan fingerprint density at radius 1 is 0.737 bits per heavy atom. The molecule has 210 valence electrons. The van der Waals surface area contributed by atoms with Gasteiger partial charge in [-0.1, -0.05) is 12.1 Å². The summed E-state index contributed by atoms with van der Waals surface area (Å²) in [4.78, 5) is 72.0. The summed E-state index contributed by atoms with van der Waals surface area (Å²) in [5, 5.41) is 43.7. The molecule has 0 aliphatic carbocycles. The zero-order valence-corrected chi connectivity index (χ0v) is 20.5. The number of phenolic OH excluding ortho intramolecular Hbond substituents is 1. The van der Waals surface area contributed by atoms with Gasteiger partial charge in [-0.3, -0.25) is 24.0 Å². The summed E-state index contributed by atoms with van der Waals surface area (Å²) in [5.74, 6) is -7.33. The second kappa shape index (κ2) is 15.8. The van der Waals surface area contributed by atoms with Crippen molar-refractivity contribution in [2.45, 2.75) is 62.7 Å². The fourth-order valence-corrected chi connectivity index (χ4v) is 3.32. The normalized spacial score (nSPS) is 13.8. The predicted molar refractivity (Wildman–Crippen MR) is 131 cm³/mol. The van der Waals surface area contributed by atoms with Gasteiger partial charge in [-0.2, -0.15) is 0 Å². The van der Waals surface area contributed by atoms with Crippen molar-refractivity contribution >= 4 is 35.6 Å². The number of nitrogens with one attached hydrogen (secondary N) is 3. The number of carbonyl (C=O) groups excluding carboxylic acids is 3. The van der Waals surface area contributed by atoms with Crippen molar-refractivity contribution in [3.8, 4) is 5.75 Å². The summed E-state index contributed by atoms with van der Waals surface area (Å²) >= 11 is 0. The molecule has 0 saturated heterocycles. The van der Waals surface area contributed by atoms with Gasteiger partial charge in [0, 0.05) is 6.42 Å². The van der Waals surface area contributed by atoms with Crippen LogP contribution in [-0.4, -0.2) is 86.8 Å². The van der Waals surface area contributed by atoms with Crippen LogP contribution in [0, 0.1) is 0 Å². The van der Waals surface area contributed by atoms with E-state index in [1.807, 2.05) is 0 Å². The molecule has 0 heterocycles.